The van der Waals surface area contributed by atoms with Gasteiger partial charge in [0, 0.05) is 22.3 Å². The Morgan fingerprint density at radius 3 is 2.75 bits per heavy atom. The van der Waals surface area contributed by atoms with Gasteiger partial charge in [-0.2, -0.15) is 0 Å². The van der Waals surface area contributed by atoms with E-state index < -0.39 is 0 Å². The Morgan fingerprint density at radius 2 is 1.96 bits per heavy atom. The molecule has 1 fully saturated rings. The molecule has 2 aromatic heterocycles. The lowest BCUT2D eigenvalue weighted by atomic mass is 10.1. The van der Waals surface area contributed by atoms with Gasteiger partial charge in [0.25, 0.3) is 5.91 Å². The Kier molecular flexibility index (Phi) is 4.34. The number of carbonyl (C=O) groups is 1. The SMILES string of the molecule is O=C(NC1CCCCCC1)c1csc(-c2cc3ccccc3[nH]2)n1. The molecule has 5 heteroatoms. The number of nitrogens with zero attached hydrogens (tertiary/aromatic N) is 1. The van der Waals surface area contributed by atoms with E-state index in [0.717, 1.165) is 34.4 Å². The van der Waals surface area contributed by atoms with Crippen LogP contribution in [-0.2, 0) is 0 Å². The zero-order valence-corrected chi connectivity index (χ0v) is 14.4. The molecule has 1 aromatic carbocycles. The van der Waals surface area contributed by atoms with E-state index in [1.54, 1.807) is 0 Å². The van der Waals surface area contributed by atoms with Gasteiger partial charge in [-0.3, -0.25) is 4.79 Å². The first-order valence-corrected chi connectivity index (χ1v) is 9.52. The van der Waals surface area contributed by atoms with Crippen molar-refractivity contribution in [2.75, 3.05) is 0 Å². The summed E-state index contributed by atoms with van der Waals surface area (Å²) in [6.07, 6.45) is 7.17. The molecule has 24 heavy (non-hydrogen) atoms. The van der Waals surface area contributed by atoms with Crippen LogP contribution in [0.15, 0.2) is 35.7 Å². The molecule has 124 valence electrons. The van der Waals surface area contributed by atoms with Gasteiger partial charge in [0.15, 0.2) is 0 Å². The van der Waals surface area contributed by atoms with Crippen LogP contribution in [0.25, 0.3) is 21.6 Å². The Morgan fingerprint density at radius 1 is 1.17 bits per heavy atom. The summed E-state index contributed by atoms with van der Waals surface area (Å²) in [6.45, 7) is 0. The van der Waals surface area contributed by atoms with E-state index in [0.29, 0.717) is 11.7 Å². The van der Waals surface area contributed by atoms with Crippen molar-refractivity contribution in [3.63, 3.8) is 0 Å². The van der Waals surface area contributed by atoms with E-state index in [4.69, 9.17) is 0 Å². The lowest BCUT2D eigenvalue weighted by Crippen LogP contribution is -2.34. The first-order valence-electron chi connectivity index (χ1n) is 8.64. The predicted molar refractivity (Wildman–Crippen MR) is 98.4 cm³/mol. The zero-order chi connectivity index (χ0) is 16.4. The summed E-state index contributed by atoms with van der Waals surface area (Å²) in [4.78, 5) is 20.4. The number of aromatic nitrogens is 2. The molecule has 2 heterocycles. The summed E-state index contributed by atoms with van der Waals surface area (Å²) in [5, 5.41) is 7.03. The summed E-state index contributed by atoms with van der Waals surface area (Å²) in [7, 11) is 0. The minimum Gasteiger partial charge on any atom is -0.353 e. The molecule has 2 N–H and O–H groups in total. The number of aromatic amines is 1. The van der Waals surface area contributed by atoms with Gasteiger partial charge >= 0.3 is 0 Å². The predicted octanol–water partition coefficient (Wildman–Crippen LogP) is 4.74. The fraction of sp³-hybridized carbons (Fsp3) is 0.368. The third kappa shape index (κ3) is 3.22. The minimum atomic E-state index is -0.0412. The van der Waals surface area contributed by atoms with E-state index in [1.165, 1.54) is 37.0 Å². The van der Waals surface area contributed by atoms with Crippen molar-refractivity contribution in [2.24, 2.45) is 0 Å². The van der Waals surface area contributed by atoms with E-state index in [9.17, 15) is 4.79 Å². The number of carbonyl (C=O) groups excluding carboxylic acids is 1. The molecule has 4 rings (SSSR count). The number of benzene rings is 1. The highest BCUT2D eigenvalue weighted by atomic mass is 32.1. The summed E-state index contributed by atoms with van der Waals surface area (Å²) in [6, 6.07) is 10.5. The van der Waals surface area contributed by atoms with Crippen molar-refractivity contribution < 1.29 is 4.79 Å². The van der Waals surface area contributed by atoms with Crippen LogP contribution in [0.1, 0.15) is 49.0 Å². The number of thiazole rings is 1. The first kappa shape index (κ1) is 15.4. The van der Waals surface area contributed by atoms with E-state index in [2.05, 4.69) is 27.4 Å². The normalized spacial score (nSPS) is 16.2. The van der Waals surface area contributed by atoms with Crippen molar-refractivity contribution in [1.29, 1.82) is 0 Å². The van der Waals surface area contributed by atoms with Gasteiger partial charge in [0.1, 0.15) is 10.7 Å². The number of amides is 1. The molecule has 3 aromatic rings. The Balaban J connectivity index is 1.50. The van der Waals surface area contributed by atoms with E-state index >= 15 is 0 Å². The summed E-state index contributed by atoms with van der Waals surface area (Å²) in [5.41, 5.74) is 2.58. The first-order chi connectivity index (χ1) is 11.8. The van der Waals surface area contributed by atoms with Gasteiger partial charge in [-0.05, 0) is 25.0 Å². The van der Waals surface area contributed by atoms with Crippen molar-refractivity contribution in [2.45, 2.75) is 44.6 Å². The maximum atomic E-state index is 12.5. The van der Waals surface area contributed by atoms with Gasteiger partial charge in [0.2, 0.25) is 0 Å². The smallest absolute Gasteiger partial charge is 0.270 e. The topological polar surface area (TPSA) is 57.8 Å². The second-order valence-corrected chi connectivity index (χ2v) is 7.33. The number of rotatable bonds is 3. The number of para-hydroxylation sites is 1. The van der Waals surface area contributed by atoms with Gasteiger partial charge in [-0.1, -0.05) is 43.9 Å². The summed E-state index contributed by atoms with van der Waals surface area (Å²) >= 11 is 1.51. The number of nitrogens with one attached hydrogen (secondary N) is 2. The molecule has 4 nitrogen and oxygen atoms in total. The third-order valence-corrected chi connectivity index (χ3v) is 5.56. The van der Waals surface area contributed by atoms with Crippen LogP contribution in [0, 0.1) is 0 Å². The maximum absolute atomic E-state index is 12.5. The van der Waals surface area contributed by atoms with Crippen molar-refractivity contribution in [3.05, 3.63) is 41.4 Å². The number of hydrogen-bond donors (Lipinski definition) is 2. The largest absolute Gasteiger partial charge is 0.353 e. The molecular weight excluding hydrogens is 318 g/mol. The Hall–Kier alpha value is -2.14. The highest BCUT2D eigenvalue weighted by Gasteiger charge is 2.18. The molecule has 1 aliphatic carbocycles. The zero-order valence-electron chi connectivity index (χ0n) is 13.5. The van der Waals surface area contributed by atoms with Crippen LogP contribution in [0.3, 0.4) is 0 Å². The van der Waals surface area contributed by atoms with Crippen molar-refractivity contribution >= 4 is 28.1 Å². The van der Waals surface area contributed by atoms with Crippen LogP contribution in [-0.4, -0.2) is 21.9 Å². The second kappa shape index (κ2) is 6.77. The monoisotopic (exact) mass is 339 g/mol. The lowest BCUT2D eigenvalue weighted by Gasteiger charge is -2.15. The maximum Gasteiger partial charge on any atom is 0.270 e. The molecule has 1 saturated carbocycles. The third-order valence-electron chi connectivity index (χ3n) is 4.69. The number of H-pyrrole nitrogens is 1. The highest BCUT2D eigenvalue weighted by molar-refractivity contribution is 7.13. The van der Waals surface area contributed by atoms with Crippen LogP contribution >= 0.6 is 11.3 Å². The highest BCUT2D eigenvalue weighted by Crippen LogP contribution is 2.27. The van der Waals surface area contributed by atoms with Gasteiger partial charge in [-0.25, -0.2) is 4.98 Å². The van der Waals surface area contributed by atoms with Crippen LogP contribution in [0.4, 0.5) is 0 Å². The standard InChI is InChI=1S/C19H21N3OS/c23-18(20-14-8-3-1-2-4-9-14)17-12-24-19(22-17)16-11-13-7-5-6-10-15(13)21-16/h5-7,10-12,14,21H,1-4,8-9H2,(H,20,23). The Labute approximate surface area is 145 Å². The molecular formula is C19H21N3OS. The van der Waals surface area contributed by atoms with Gasteiger partial charge < -0.3 is 10.3 Å². The van der Waals surface area contributed by atoms with Crippen LogP contribution < -0.4 is 5.32 Å². The quantitative estimate of drug-likeness (QED) is 0.677. The molecule has 0 atom stereocenters. The molecule has 0 bridgehead atoms. The van der Waals surface area contributed by atoms with Crippen LogP contribution in [0.2, 0.25) is 0 Å². The van der Waals surface area contributed by atoms with Crippen LogP contribution in [0.5, 0.6) is 0 Å². The summed E-state index contributed by atoms with van der Waals surface area (Å²) < 4.78 is 0. The van der Waals surface area contributed by atoms with E-state index in [-0.39, 0.29) is 5.91 Å². The Bertz CT molecular complexity index is 810. The number of fused-ring (bicyclic) bond motifs is 1. The molecule has 0 aliphatic heterocycles. The van der Waals surface area contributed by atoms with Gasteiger partial charge in [0.05, 0.1) is 5.69 Å². The molecule has 0 saturated heterocycles. The van der Waals surface area contributed by atoms with Gasteiger partial charge in [-0.15, -0.1) is 11.3 Å². The minimum absolute atomic E-state index is 0.0412. The van der Waals surface area contributed by atoms with Crippen molar-refractivity contribution in [1.82, 2.24) is 15.3 Å². The summed E-state index contributed by atoms with van der Waals surface area (Å²) in [5.74, 6) is -0.0412. The fourth-order valence-corrected chi connectivity index (χ4v) is 4.14. The second-order valence-electron chi connectivity index (χ2n) is 6.47. The molecule has 0 unspecified atom stereocenters. The average Bonchev–Trinajstić information content (AvgIpc) is 3.17. The molecule has 1 aliphatic rings. The molecule has 0 radical (unpaired) electrons. The fourth-order valence-electron chi connectivity index (χ4n) is 3.37. The molecule has 0 spiro atoms. The molecule has 1 amide bonds. The number of hydrogen-bond acceptors (Lipinski definition) is 3. The lowest BCUT2D eigenvalue weighted by molar-refractivity contribution is 0.0929. The van der Waals surface area contributed by atoms with Crippen molar-refractivity contribution in [3.8, 4) is 10.7 Å². The van der Waals surface area contributed by atoms with E-state index in [1.807, 2.05) is 23.6 Å². The average molecular weight is 339 g/mol.